The maximum Gasteiger partial charge on any atom is 0.220 e. The van der Waals surface area contributed by atoms with Crippen molar-refractivity contribution in [3.63, 3.8) is 0 Å². The average Bonchev–Trinajstić information content (AvgIpc) is 2.01. The lowest BCUT2D eigenvalue weighted by Crippen LogP contribution is -2.62. The van der Waals surface area contributed by atoms with Crippen molar-refractivity contribution in [2.24, 2.45) is 11.3 Å². The Morgan fingerprint density at radius 1 is 1.46 bits per heavy atom. The lowest BCUT2D eigenvalue weighted by Gasteiger charge is -2.51. The molecule has 1 amide bonds. The number of piperidine rings is 1. The molecule has 0 radical (unpaired) electrons. The minimum absolute atomic E-state index is 0.0399. The fourth-order valence-corrected chi connectivity index (χ4v) is 2.14. The predicted octanol–water partition coefficient (Wildman–Crippen LogP) is 2.34. The molecule has 0 bridgehead atoms. The van der Waals surface area contributed by atoms with E-state index in [-0.39, 0.29) is 16.9 Å². The fraction of sp³-hybridized carbons (Fsp3) is 0.909. The van der Waals surface area contributed by atoms with Gasteiger partial charge in [0.15, 0.2) is 0 Å². The zero-order valence-electron chi connectivity index (χ0n) is 9.40. The van der Waals surface area contributed by atoms with Crippen LogP contribution in [0.2, 0.25) is 0 Å². The number of amides is 1. The van der Waals surface area contributed by atoms with E-state index in [0.29, 0.717) is 12.3 Å². The second kappa shape index (κ2) is 3.00. The van der Waals surface area contributed by atoms with Gasteiger partial charge in [0.1, 0.15) is 0 Å². The minimum atomic E-state index is -0.0399. The van der Waals surface area contributed by atoms with Gasteiger partial charge in [-0.2, -0.15) is 0 Å². The molecule has 1 fully saturated rings. The SMILES string of the molecule is CCC1(C)NC(=O)CC(C)C1(C)C. The normalized spacial score (nSPS) is 38.5. The predicted molar refractivity (Wildman–Crippen MR) is 54.4 cm³/mol. The summed E-state index contributed by atoms with van der Waals surface area (Å²) in [7, 11) is 0. The Morgan fingerprint density at radius 2 is 2.00 bits per heavy atom. The Balaban J connectivity index is 2.98. The van der Waals surface area contributed by atoms with Crippen LogP contribution in [0.25, 0.3) is 0 Å². The molecule has 1 rings (SSSR count). The van der Waals surface area contributed by atoms with Gasteiger partial charge in [0, 0.05) is 12.0 Å². The van der Waals surface area contributed by atoms with Gasteiger partial charge >= 0.3 is 0 Å². The molecule has 0 aromatic carbocycles. The third-order valence-corrected chi connectivity index (χ3v) is 4.27. The second-order valence-electron chi connectivity index (χ2n) is 5.06. The third kappa shape index (κ3) is 1.47. The Kier molecular flexibility index (Phi) is 2.44. The first kappa shape index (κ1) is 10.6. The average molecular weight is 183 g/mol. The molecule has 1 saturated heterocycles. The number of nitrogens with one attached hydrogen (secondary N) is 1. The highest BCUT2D eigenvalue weighted by molar-refractivity contribution is 5.78. The zero-order chi connectivity index (χ0) is 10.3. The van der Waals surface area contributed by atoms with Crippen LogP contribution < -0.4 is 5.32 Å². The summed E-state index contributed by atoms with van der Waals surface area (Å²) in [5.74, 6) is 0.669. The largest absolute Gasteiger partial charge is 0.350 e. The smallest absolute Gasteiger partial charge is 0.220 e. The van der Waals surface area contributed by atoms with Crippen molar-refractivity contribution in [2.45, 2.75) is 53.0 Å². The Hall–Kier alpha value is -0.530. The summed E-state index contributed by atoms with van der Waals surface area (Å²) < 4.78 is 0. The number of carbonyl (C=O) groups excluding carboxylic acids is 1. The maximum absolute atomic E-state index is 11.4. The molecule has 1 aliphatic rings. The molecule has 1 aliphatic heterocycles. The Bertz CT molecular complexity index is 222. The van der Waals surface area contributed by atoms with Gasteiger partial charge in [-0.25, -0.2) is 0 Å². The van der Waals surface area contributed by atoms with E-state index in [1.165, 1.54) is 0 Å². The van der Waals surface area contributed by atoms with Crippen LogP contribution in [-0.4, -0.2) is 11.4 Å². The van der Waals surface area contributed by atoms with E-state index < -0.39 is 0 Å². The fourth-order valence-electron chi connectivity index (χ4n) is 2.14. The Morgan fingerprint density at radius 3 is 2.46 bits per heavy atom. The standard InChI is InChI=1S/C11H21NO/c1-6-11(5)10(3,4)8(2)7-9(13)12-11/h8H,6-7H2,1-5H3,(H,12,13). The first-order valence-electron chi connectivity index (χ1n) is 5.14. The number of hydrogen-bond acceptors (Lipinski definition) is 1. The van der Waals surface area contributed by atoms with Crippen LogP contribution in [0.5, 0.6) is 0 Å². The molecule has 0 aromatic rings. The highest BCUT2D eigenvalue weighted by Crippen LogP contribution is 2.44. The maximum atomic E-state index is 11.4. The molecule has 13 heavy (non-hydrogen) atoms. The van der Waals surface area contributed by atoms with Gasteiger partial charge in [0.05, 0.1) is 0 Å². The number of carbonyl (C=O) groups is 1. The second-order valence-corrected chi connectivity index (χ2v) is 5.06. The lowest BCUT2D eigenvalue weighted by atomic mass is 9.61. The molecule has 0 aromatic heterocycles. The number of hydrogen-bond donors (Lipinski definition) is 1. The van der Waals surface area contributed by atoms with Crippen molar-refractivity contribution < 1.29 is 4.79 Å². The van der Waals surface area contributed by atoms with Crippen molar-refractivity contribution >= 4 is 5.91 Å². The Labute approximate surface area is 81.1 Å². The van der Waals surface area contributed by atoms with Gasteiger partial charge in [0.2, 0.25) is 5.91 Å². The van der Waals surface area contributed by atoms with Crippen LogP contribution in [0.4, 0.5) is 0 Å². The van der Waals surface area contributed by atoms with Gasteiger partial charge in [-0.1, -0.05) is 27.7 Å². The van der Waals surface area contributed by atoms with Crippen molar-refractivity contribution in [1.29, 1.82) is 0 Å². The highest BCUT2D eigenvalue weighted by atomic mass is 16.1. The van der Waals surface area contributed by atoms with Crippen LogP contribution in [0.3, 0.4) is 0 Å². The summed E-state index contributed by atoms with van der Waals surface area (Å²) >= 11 is 0. The molecule has 2 unspecified atom stereocenters. The monoisotopic (exact) mass is 183 g/mol. The van der Waals surface area contributed by atoms with Crippen LogP contribution in [0.15, 0.2) is 0 Å². The molecule has 0 saturated carbocycles. The molecular formula is C11H21NO. The molecule has 0 spiro atoms. The molecular weight excluding hydrogens is 162 g/mol. The van der Waals surface area contributed by atoms with E-state index in [2.05, 4.69) is 39.9 Å². The summed E-state index contributed by atoms with van der Waals surface area (Å²) in [5, 5.41) is 3.12. The third-order valence-electron chi connectivity index (χ3n) is 4.27. The van der Waals surface area contributed by atoms with Crippen LogP contribution in [0.1, 0.15) is 47.5 Å². The first-order valence-corrected chi connectivity index (χ1v) is 5.14. The van der Waals surface area contributed by atoms with Crippen LogP contribution >= 0.6 is 0 Å². The van der Waals surface area contributed by atoms with Crippen LogP contribution in [0, 0.1) is 11.3 Å². The highest BCUT2D eigenvalue weighted by Gasteiger charge is 2.48. The van der Waals surface area contributed by atoms with E-state index in [9.17, 15) is 4.79 Å². The molecule has 2 heteroatoms. The first-order chi connectivity index (χ1) is 5.83. The van der Waals surface area contributed by atoms with Crippen molar-refractivity contribution in [3.8, 4) is 0 Å². The van der Waals surface area contributed by atoms with E-state index >= 15 is 0 Å². The van der Waals surface area contributed by atoms with Gasteiger partial charge in [-0.15, -0.1) is 0 Å². The van der Waals surface area contributed by atoms with E-state index in [1.807, 2.05) is 0 Å². The quantitative estimate of drug-likeness (QED) is 0.664. The summed E-state index contributed by atoms with van der Waals surface area (Å²) in [6.45, 7) is 11.0. The summed E-state index contributed by atoms with van der Waals surface area (Å²) in [6.07, 6.45) is 1.67. The van der Waals surface area contributed by atoms with E-state index in [0.717, 1.165) is 6.42 Å². The van der Waals surface area contributed by atoms with Gasteiger partial charge < -0.3 is 5.32 Å². The van der Waals surface area contributed by atoms with Crippen molar-refractivity contribution in [2.75, 3.05) is 0 Å². The topological polar surface area (TPSA) is 29.1 Å². The van der Waals surface area contributed by atoms with Crippen molar-refractivity contribution in [1.82, 2.24) is 5.32 Å². The summed E-state index contributed by atoms with van der Waals surface area (Å²) in [4.78, 5) is 11.4. The summed E-state index contributed by atoms with van der Waals surface area (Å²) in [6, 6.07) is 0. The number of rotatable bonds is 1. The summed E-state index contributed by atoms with van der Waals surface area (Å²) in [5.41, 5.74) is 0.150. The van der Waals surface area contributed by atoms with Gasteiger partial charge in [-0.3, -0.25) is 4.79 Å². The van der Waals surface area contributed by atoms with Crippen molar-refractivity contribution in [3.05, 3.63) is 0 Å². The molecule has 0 aliphatic carbocycles. The molecule has 1 N–H and O–H groups in total. The molecule has 2 atom stereocenters. The minimum Gasteiger partial charge on any atom is -0.350 e. The van der Waals surface area contributed by atoms with E-state index in [4.69, 9.17) is 0 Å². The van der Waals surface area contributed by atoms with Crippen LogP contribution in [-0.2, 0) is 4.79 Å². The van der Waals surface area contributed by atoms with Gasteiger partial charge in [0.25, 0.3) is 0 Å². The van der Waals surface area contributed by atoms with E-state index in [1.54, 1.807) is 0 Å². The zero-order valence-corrected chi connectivity index (χ0v) is 9.40. The van der Waals surface area contributed by atoms with Gasteiger partial charge in [-0.05, 0) is 24.7 Å². The molecule has 2 nitrogen and oxygen atoms in total. The molecule has 1 heterocycles. The molecule has 76 valence electrons. The lowest BCUT2D eigenvalue weighted by molar-refractivity contribution is -0.132.